The van der Waals surface area contributed by atoms with Crippen molar-refractivity contribution in [3.63, 3.8) is 0 Å². The summed E-state index contributed by atoms with van der Waals surface area (Å²) in [6.45, 7) is 0. The molecule has 0 unspecified atom stereocenters. The zero-order valence-electron chi connectivity index (χ0n) is 11.6. The Hall–Kier alpha value is -2.10. The molecule has 0 saturated carbocycles. The topological polar surface area (TPSA) is 52.6 Å². The molecule has 3 aliphatic rings. The highest BCUT2D eigenvalue weighted by Gasteiger charge is 2.43. The Balaban J connectivity index is 1.67. The van der Waals surface area contributed by atoms with Crippen LogP contribution in [0.5, 0.6) is 0 Å². The van der Waals surface area contributed by atoms with E-state index >= 15 is 0 Å². The first kappa shape index (κ1) is 12.6. The van der Waals surface area contributed by atoms with Gasteiger partial charge in [0.05, 0.1) is 12.8 Å². The van der Waals surface area contributed by atoms with Crippen LogP contribution in [0.1, 0.15) is 37.4 Å². The van der Waals surface area contributed by atoms with Crippen molar-refractivity contribution in [2.75, 3.05) is 0 Å². The minimum absolute atomic E-state index is 0.00998. The number of hydrogen-bond acceptors (Lipinski definition) is 4. The molecule has 4 rings (SSSR count). The van der Waals surface area contributed by atoms with Crippen LogP contribution in [0.15, 0.2) is 41.7 Å². The lowest BCUT2D eigenvalue weighted by atomic mass is 9.76. The van der Waals surface area contributed by atoms with Gasteiger partial charge in [0.25, 0.3) is 0 Å². The van der Waals surface area contributed by atoms with Gasteiger partial charge in [-0.2, -0.15) is 0 Å². The third kappa shape index (κ3) is 2.15. The second-order valence-electron chi connectivity index (χ2n) is 5.93. The summed E-state index contributed by atoms with van der Waals surface area (Å²) in [7, 11) is 0. The van der Waals surface area contributed by atoms with Gasteiger partial charge in [-0.1, -0.05) is 30.3 Å². The van der Waals surface area contributed by atoms with Gasteiger partial charge in [0.2, 0.25) is 0 Å². The lowest BCUT2D eigenvalue weighted by Crippen LogP contribution is -2.39. The molecule has 1 aromatic rings. The van der Waals surface area contributed by atoms with E-state index in [1.165, 1.54) is 0 Å². The van der Waals surface area contributed by atoms with Crippen LogP contribution in [-0.2, 0) is 19.1 Å². The van der Waals surface area contributed by atoms with Crippen molar-refractivity contribution in [1.82, 2.24) is 0 Å². The number of Topliss-reactive ketones (excluding diaryl/α,β-unsaturated/α-hetero) is 1. The van der Waals surface area contributed by atoms with Gasteiger partial charge in [0.15, 0.2) is 5.78 Å². The minimum atomic E-state index is -0.216. The Labute approximate surface area is 122 Å². The van der Waals surface area contributed by atoms with Gasteiger partial charge in [-0.25, -0.2) is 0 Å². The molecule has 1 aromatic carbocycles. The van der Waals surface area contributed by atoms with Crippen LogP contribution in [0.4, 0.5) is 0 Å². The highest BCUT2D eigenvalue weighted by molar-refractivity contribution is 5.98. The summed E-state index contributed by atoms with van der Waals surface area (Å²) in [6.07, 6.45) is 1.62. The molecule has 108 valence electrons. The largest absolute Gasteiger partial charge is 0.489 e. The van der Waals surface area contributed by atoms with Crippen LogP contribution >= 0.6 is 0 Å². The average molecular weight is 284 g/mol. The average Bonchev–Trinajstić information content (AvgIpc) is 2.46. The lowest BCUT2D eigenvalue weighted by molar-refractivity contribution is -0.158. The van der Waals surface area contributed by atoms with Crippen LogP contribution < -0.4 is 0 Å². The van der Waals surface area contributed by atoms with Gasteiger partial charge in [-0.05, 0) is 12.0 Å². The van der Waals surface area contributed by atoms with Gasteiger partial charge in [0.1, 0.15) is 18.0 Å². The molecule has 0 spiro atoms. The van der Waals surface area contributed by atoms with E-state index in [1.54, 1.807) is 0 Å². The standard InChI is InChI=1S/C17H16O4/c18-13-9-14(10-4-2-1-3-5-10)21-15-8-12-6-11(17(13)15)7-16(19)20-12/h1-5,11-12,14H,6-9H2/t11-,12-,14-/m0/s1. The van der Waals surface area contributed by atoms with Crippen LogP contribution in [-0.4, -0.2) is 17.9 Å². The normalized spacial score (nSPS) is 31.3. The molecular formula is C17H16O4. The van der Waals surface area contributed by atoms with Crippen LogP contribution in [0.3, 0.4) is 0 Å². The number of esters is 1. The van der Waals surface area contributed by atoms with Crippen LogP contribution in [0.25, 0.3) is 0 Å². The van der Waals surface area contributed by atoms with E-state index in [4.69, 9.17) is 9.47 Å². The molecule has 21 heavy (non-hydrogen) atoms. The maximum absolute atomic E-state index is 12.5. The highest BCUT2D eigenvalue weighted by Crippen LogP contribution is 2.44. The van der Waals surface area contributed by atoms with Crippen molar-refractivity contribution in [2.45, 2.75) is 37.9 Å². The molecule has 0 aromatic heterocycles. The number of carbonyl (C=O) groups excluding carboxylic acids is 2. The van der Waals surface area contributed by atoms with E-state index in [0.29, 0.717) is 19.3 Å². The number of rotatable bonds is 1. The first-order valence-electron chi connectivity index (χ1n) is 7.38. The van der Waals surface area contributed by atoms with Crippen molar-refractivity contribution in [3.05, 3.63) is 47.2 Å². The number of ether oxygens (including phenoxy) is 2. The van der Waals surface area contributed by atoms with Gasteiger partial charge in [0, 0.05) is 17.9 Å². The summed E-state index contributed by atoms with van der Waals surface area (Å²) in [6, 6.07) is 9.80. The molecule has 1 fully saturated rings. The maximum Gasteiger partial charge on any atom is 0.306 e. The quantitative estimate of drug-likeness (QED) is 0.744. The Morgan fingerprint density at radius 1 is 0.952 bits per heavy atom. The van der Waals surface area contributed by atoms with E-state index in [9.17, 15) is 9.59 Å². The van der Waals surface area contributed by atoms with Gasteiger partial charge in [-0.3, -0.25) is 9.59 Å². The van der Waals surface area contributed by atoms with Crippen LogP contribution in [0.2, 0.25) is 0 Å². The van der Waals surface area contributed by atoms with Gasteiger partial charge in [-0.15, -0.1) is 0 Å². The first-order valence-corrected chi connectivity index (χ1v) is 7.38. The third-order valence-electron chi connectivity index (χ3n) is 4.51. The Kier molecular flexibility index (Phi) is 2.84. The van der Waals surface area contributed by atoms with Crippen molar-refractivity contribution in [2.24, 2.45) is 5.92 Å². The third-order valence-corrected chi connectivity index (χ3v) is 4.51. The molecule has 2 bridgehead atoms. The fraction of sp³-hybridized carbons (Fsp3) is 0.412. The summed E-state index contributed by atoms with van der Waals surface area (Å²) in [5.74, 6) is 0.669. The Morgan fingerprint density at radius 2 is 1.76 bits per heavy atom. The molecule has 4 nitrogen and oxygen atoms in total. The smallest absolute Gasteiger partial charge is 0.306 e. The minimum Gasteiger partial charge on any atom is -0.489 e. The molecule has 0 radical (unpaired) electrons. The van der Waals surface area contributed by atoms with E-state index in [0.717, 1.165) is 23.3 Å². The molecule has 2 heterocycles. The molecule has 4 heteroatoms. The second-order valence-corrected chi connectivity index (χ2v) is 5.93. The van der Waals surface area contributed by atoms with Crippen molar-refractivity contribution >= 4 is 11.8 Å². The van der Waals surface area contributed by atoms with Crippen LogP contribution in [0, 0.1) is 5.92 Å². The zero-order valence-corrected chi connectivity index (χ0v) is 11.6. The summed E-state index contributed by atoms with van der Waals surface area (Å²) in [5.41, 5.74) is 1.76. The summed E-state index contributed by atoms with van der Waals surface area (Å²) in [5, 5.41) is 0. The zero-order chi connectivity index (χ0) is 14.4. The number of benzene rings is 1. The molecule has 3 atom stereocenters. The van der Waals surface area contributed by atoms with E-state index in [2.05, 4.69) is 0 Å². The van der Waals surface area contributed by atoms with Crippen molar-refractivity contribution < 1.29 is 19.1 Å². The molecule has 0 amide bonds. The van der Waals surface area contributed by atoms with E-state index in [1.807, 2.05) is 30.3 Å². The number of ketones is 1. The number of hydrogen-bond donors (Lipinski definition) is 0. The Bertz CT molecular complexity index is 631. The molecule has 1 saturated heterocycles. The maximum atomic E-state index is 12.5. The van der Waals surface area contributed by atoms with E-state index in [-0.39, 0.29) is 29.9 Å². The van der Waals surface area contributed by atoms with Gasteiger partial charge < -0.3 is 9.47 Å². The molecule has 1 aliphatic carbocycles. The van der Waals surface area contributed by atoms with Crippen molar-refractivity contribution in [3.8, 4) is 0 Å². The highest BCUT2D eigenvalue weighted by atomic mass is 16.5. The lowest BCUT2D eigenvalue weighted by Gasteiger charge is -2.40. The fourth-order valence-electron chi connectivity index (χ4n) is 3.61. The molecule has 0 N–H and O–H groups in total. The molecular weight excluding hydrogens is 268 g/mol. The molecule has 2 aliphatic heterocycles. The number of allylic oxidation sites excluding steroid dienone is 1. The summed E-state index contributed by atoms with van der Waals surface area (Å²) >= 11 is 0. The second kappa shape index (κ2) is 4.72. The van der Waals surface area contributed by atoms with Gasteiger partial charge >= 0.3 is 5.97 Å². The summed E-state index contributed by atoms with van der Waals surface area (Å²) in [4.78, 5) is 24.1. The predicted octanol–water partition coefficient (Wildman–Crippen LogP) is 2.70. The summed E-state index contributed by atoms with van der Waals surface area (Å²) < 4.78 is 11.4. The first-order chi connectivity index (χ1) is 10.2. The monoisotopic (exact) mass is 284 g/mol. The van der Waals surface area contributed by atoms with Crippen molar-refractivity contribution in [1.29, 1.82) is 0 Å². The predicted molar refractivity (Wildman–Crippen MR) is 74.1 cm³/mol. The fourth-order valence-corrected chi connectivity index (χ4v) is 3.61. The van der Waals surface area contributed by atoms with E-state index < -0.39 is 0 Å². The Morgan fingerprint density at radius 3 is 2.57 bits per heavy atom. The number of fused-ring (bicyclic) bond motifs is 3. The SMILES string of the molecule is O=C1C[C@@H]2C[C@@H](CC3=C2C(=O)C[C@@H](c2ccccc2)O3)O1. The number of carbonyl (C=O) groups is 2.